The van der Waals surface area contributed by atoms with Gasteiger partial charge in [-0.25, -0.2) is 4.79 Å². The third kappa shape index (κ3) is 2.84. The second-order valence-electron chi connectivity index (χ2n) is 6.39. The second kappa shape index (κ2) is 6.05. The molecule has 1 aliphatic heterocycles. The Labute approximate surface area is 139 Å². The molecule has 0 amide bonds. The van der Waals surface area contributed by atoms with Gasteiger partial charge in [-0.15, -0.1) is 0 Å². The van der Waals surface area contributed by atoms with Crippen molar-refractivity contribution in [2.24, 2.45) is 5.92 Å². The molecule has 0 radical (unpaired) electrons. The first kappa shape index (κ1) is 16.7. The van der Waals surface area contributed by atoms with Gasteiger partial charge >= 0.3 is 5.97 Å². The third-order valence-corrected chi connectivity index (χ3v) is 4.67. The SMILES string of the molecule is CC1(OC(=O)/C=C/c2ccccc2)CC(O)C2(O)C=COC(O)C12. The molecule has 5 unspecified atom stereocenters. The van der Waals surface area contributed by atoms with Crippen LogP contribution in [0.5, 0.6) is 0 Å². The Morgan fingerprint density at radius 1 is 1.33 bits per heavy atom. The Hall–Kier alpha value is -2.15. The highest BCUT2D eigenvalue weighted by Crippen LogP contribution is 2.50. The van der Waals surface area contributed by atoms with Crippen molar-refractivity contribution >= 4 is 12.0 Å². The Morgan fingerprint density at radius 2 is 2.04 bits per heavy atom. The average Bonchev–Trinajstić information content (AvgIpc) is 2.73. The quantitative estimate of drug-likeness (QED) is 0.564. The minimum absolute atomic E-state index is 0.0101. The van der Waals surface area contributed by atoms with Gasteiger partial charge in [-0.05, 0) is 24.6 Å². The van der Waals surface area contributed by atoms with E-state index in [4.69, 9.17) is 9.47 Å². The topological polar surface area (TPSA) is 96.2 Å². The number of ether oxygens (including phenoxy) is 2. The number of aliphatic hydroxyl groups is 3. The molecule has 0 aromatic heterocycles. The van der Waals surface area contributed by atoms with Crippen LogP contribution in [0.2, 0.25) is 0 Å². The molecule has 1 saturated carbocycles. The van der Waals surface area contributed by atoms with E-state index < -0.39 is 35.5 Å². The molecule has 2 aliphatic rings. The number of aliphatic hydroxyl groups excluding tert-OH is 2. The summed E-state index contributed by atoms with van der Waals surface area (Å²) in [6.45, 7) is 1.57. The standard InChI is InChI=1S/C18H20O6/c1-17(24-14(20)8-7-12-5-3-2-4-6-12)11-13(19)18(22)9-10-23-16(21)15(17)18/h2-10,13,15-16,19,21-22H,11H2,1H3/b8-7+. The second-order valence-corrected chi connectivity index (χ2v) is 6.39. The normalized spacial score (nSPS) is 37.9. The van der Waals surface area contributed by atoms with Gasteiger partial charge in [-0.1, -0.05) is 30.3 Å². The van der Waals surface area contributed by atoms with Gasteiger partial charge in [-0.3, -0.25) is 0 Å². The lowest BCUT2D eigenvalue weighted by molar-refractivity contribution is -0.211. The minimum atomic E-state index is -1.70. The van der Waals surface area contributed by atoms with E-state index in [1.165, 1.54) is 12.2 Å². The van der Waals surface area contributed by atoms with Crippen molar-refractivity contribution < 1.29 is 29.6 Å². The number of fused-ring (bicyclic) bond motifs is 1. The summed E-state index contributed by atoms with van der Waals surface area (Å²) >= 11 is 0. The molecule has 0 bridgehead atoms. The van der Waals surface area contributed by atoms with Crippen molar-refractivity contribution in [1.29, 1.82) is 0 Å². The summed E-state index contributed by atoms with van der Waals surface area (Å²) in [6, 6.07) is 9.25. The van der Waals surface area contributed by atoms with E-state index >= 15 is 0 Å². The van der Waals surface area contributed by atoms with Crippen LogP contribution in [0.3, 0.4) is 0 Å². The fraction of sp³-hybridized carbons (Fsp3) is 0.389. The molecular weight excluding hydrogens is 312 g/mol. The van der Waals surface area contributed by atoms with Gasteiger partial charge in [0, 0.05) is 12.5 Å². The monoisotopic (exact) mass is 332 g/mol. The zero-order valence-electron chi connectivity index (χ0n) is 13.2. The van der Waals surface area contributed by atoms with Crippen LogP contribution >= 0.6 is 0 Å². The van der Waals surface area contributed by atoms with Gasteiger partial charge in [0.1, 0.15) is 11.2 Å². The molecule has 128 valence electrons. The number of hydrogen-bond donors (Lipinski definition) is 3. The Morgan fingerprint density at radius 3 is 2.75 bits per heavy atom. The molecular formula is C18H20O6. The Balaban J connectivity index is 1.77. The molecule has 24 heavy (non-hydrogen) atoms. The van der Waals surface area contributed by atoms with E-state index in [0.29, 0.717) is 0 Å². The highest BCUT2D eigenvalue weighted by Gasteiger charge is 2.65. The highest BCUT2D eigenvalue weighted by atomic mass is 16.6. The van der Waals surface area contributed by atoms with Gasteiger partial charge in [0.25, 0.3) is 0 Å². The number of benzene rings is 1. The fourth-order valence-corrected chi connectivity index (χ4v) is 3.52. The summed E-state index contributed by atoms with van der Waals surface area (Å²) in [5.41, 5.74) is -2.13. The van der Waals surface area contributed by atoms with E-state index in [-0.39, 0.29) is 6.42 Å². The summed E-state index contributed by atoms with van der Waals surface area (Å²) in [6.07, 6.45) is 2.75. The molecule has 1 aromatic carbocycles. The van der Waals surface area contributed by atoms with E-state index in [0.717, 1.165) is 11.8 Å². The molecule has 1 fully saturated rings. The molecule has 6 heteroatoms. The number of rotatable bonds is 3. The Bertz CT molecular complexity index is 669. The van der Waals surface area contributed by atoms with Crippen molar-refractivity contribution in [3.63, 3.8) is 0 Å². The lowest BCUT2D eigenvalue weighted by Gasteiger charge is -2.40. The zero-order chi connectivity index (χ0) is 17.4. The van der Waals surface area contributed by atoms with Crippen LogP contribution < -0.4 is 0 Å². The van der Waals surface area contributed by atoms with Crippen molar-refractivity contribution in [3.05, 3.63) is 54.3 Å². The van der Waals surface area contributed by atoms with Gasteiger partial charge < -0.3 is 24.8 Å². The minimum Gasteiger partial charge on any atom is -0.472 e. The highest BCUT2D eigenvalue weighted by molar-refractivity contribution is 5.87. The molecule has 1 aromatic rings. The molecule has 0 spiro atoms. The number of esters is 1. The van der Waals surface area contributed by atoms with Crippen LogP contribution in [0, 0.1) is 5.92 Å². The number of hydrogen-bond acceptors (Lipinski definition) is 6. The zero-order valence-corrected chi connectivity index (χ0v) is 13.2. The van der Waals surface area contributed by atoms with E-state index in [1.807, 2.05) is 30.3 Å². The summed E-state index contributed by atoms with van der Waals surface area (Å²) in [5.74, 6) is -1.61. The maximum absolute atomic E-state index is 12.2. The fourth-order valence-electron chi connectivity index (χ4n) is 3.52. The summed E-state index contributed by atoms with van der Waals surface area (Å²) in [5, 5.41) is 30.9. The van der Waals surface area contributed by atoms with Crippen molar-refractivity contribution in [2.75, 3.05) is 0 Å². The van der Waals surface area contributed by atoms with E-state index in [2.05, 4.69) is 0 Å². The van der Waals surface area contributed by atoms with Crippen molar-refractivity contribution in [3.8, 4) is 0 Å². The van der Waals surface area contributed by atoms with E-state index in [9.17, 15) is 20.1 Å². The largest absolute Gasteiger partial charge is 0.472 e. The van der Waals surface area contributed by atoms with Crippen molar-refractivity contribution in [2.45, 2.75) is 36.9 Å². The first-order valence-corrected chi connectivity index (χ1v) is 7.73. The van der Waals surface area contributed by atoms with Gasteiger partial charge in [-0.2, -0.15) is 0 Å². The van der Waals surface area contributed by atoms with Gasteiger partial charge in [0.2, 0.25) is 6.29 Å². The van der Waals surface area contributed by atoms with Gasteiger partial charge in [0.05, 0.1) is 18.3 Å². The smallest absolute Gasteiger partial charge is 0.331 e. The maximum Gasteiger partial charge on any atom is 0.331 e. The van der Waals surface area contributed by atoms with Crippen LogP contribution in [0.4, 0.5) is 0 Å². The van der Waals surface area contributed by atoms with Crippen LogP contribution in [0.1, 0.15) is 18.9 Å². The molecule has 1 aliphatic carbocycles. The third-order valence-electron chi connectivity index (χ3n) is 4.67. The summed E-state index contributed by atoms with van der Waals surface area (Å²) in [7, 11) is 0. The molecule has 3 N–H and O–H groups in total. The Kier molecular flexibility index (Phi) is 4.21. The first-order valence-electron chi connectivity index (χ1n) is 7.73. The van der Waals surface area contributed by atoms with Gasteiger partial charge in [0.15, 0.2) is 0 Å². The first-order chi connectivity index (χ1) is 11.3. The lowest BCUT2D eigenvalue weighted by Crippen LogP contribution is -2.54. The molecule has 5 atom stereocenters. The summed E-state index contributed by atoms with van der Waals surface area (Å²) in [4.78, 5) is 12.2. The number of carbonyl (C=O) groups excluding carboxylic acids is 1. The van der Waals surface area contributed by atoms with Crippen LogP contribution in [-0.4, -0.2) is 44.9 Å². The van der Waals surface area contributed by atoms with E-state index in [1.54, 1.807) is 13.0 Å². The van der Waals surface area contributed by atoms with Crippen LogP contribution in [0.15, 0.2) is 48.7 Å². The van der Waals surface area contributed by atoms with Crippen molar-refractivity contribution in [1.82, 2.24) is 0 Å². The predicted octanol–water partition coefficient (Wildman–Crippen LogP) is 0.976. The number of carbonyl (C=O) groups is 1. The average molecular weight is 332 g/mol. The summed E-state index contributed by atoms with van der Waals surface area (Å²) < 4.78 is 10.5. The van der Waals surface area contributed by atoms with Crippen LogP contribution in [-0.2, 0) is 14.3 Å². The van der Waals surface area contributed by atoms with Crippen LogP contribution in [0.25, 0.3) is 6.08 Å². The molecule has 6 nitrogen and oxygen atoms in total. The molecule has 3 rings (SSSR count). The maximum atomic E-state index is 12.2. The molecule has 1 heterocycles. The lowest BCUT2D eigenvalue weighted by atomic mass is 9.81. The molecule has 0 saturated heterocycles. The predicted molar refractivity (Wildman–Crippen MR) is 85.3 cm³/mol.